The molecule has 0 aromatic heterocycles. The van der Waals surface area contributed by atoms with Gasteiger partial charge >= 0.3 is 0 Å². The summed E-state index contributed by atoms with van der Waals surface area (Å²) in [7, 11) is 0. The predicted octanol–water partition coefficient (Wildman–Crippen LogP) is 0.781. The first-order valence-corrected chi connectivity index (χ1v) is 3.06. The van der Waals surface area contributed by atoms with Gasteiger partial charge in [0.15, 0.2) is 0 Å². The lowest BCUT2D eigenvalue weighted by Crippen LogP contribution is -1.90. The highest BCUT2D eigenvalue weighted by Gasteiger charge is 1.88. The Morgan fingerprint density at radius 3 is 1.50 bits per heavy atom. The van der Waals surface area contributed by atoms with Crippen LogP contribution < -0.4 is 0 Å². The van der Waals surface area contributed by atoms with Crippen molar-refractivity contribution in [3.63, 3.8) is 0 Å². The van der Waals surface area contributed by atoms with Gasteiger partial charge in [-0.05, 0) is 6.92 Å². The molecule has 0 aliphatic rings. The smallest absolute Gasteiger partial charge is 0.130 e. The quantitative estimate of drug-likeness (QED) is 0.558. The van der Waals surface area contributed by atoms with Crippen LogP contribution in [0, 0.1) is 0 Å². The monoisotopic (exact) mass is 160 g/mol. The van der Waals surface area contributed by atoms with Crippen LogP contribution in [0.3, 0.4) is 0 Å². The first kappa shape index (κ1) is 11.3. The molecular weight excluding hydrogens is 151 g/mol. The molecule has 0 amide bonds. The Hall–Kier alpha value is 0.500. The van der Waals surface area contributed by atoms with Crippen molar-refractivity contribution in [3.05, 3.63) is 0 Å². The van der Waals surface area contributed by atoms with Crippen LogP contribution in [0.4, 0.5) is 0 Å². The number of hydrogen-bond donors (Lipinski definition) is 2. The summed E-state index contributed by atoms with van der Waals surface area (Å²) in [6, 6.07) is 0. The molecule has 0 aliphatic heterocycles. The number of rotatable bonds is 1. The zero-order valence-corrected chi connectivity index (χ0v) is 6.15. The fourth-order valence-corrected chi connectivity index (χ4v) is 0. The van der Waals surface area contributed by atoms with Gasteiger partial charge in [-0.3, -0.25) is 0 Å². The molecule has 52 valence electrons. The van der Waals surface area contributed by atoms with E-state index in [0.717, 1.165) is 0 Å². The largest absolute Gasteiger partial charge is 0.397 e. The molecule has 0 rings (SSSR count). The summed E-state index contributed by atoms with van der Waals surface area (Å²) in [6.07, 6.45) is 0. The van der Waals surface area contributed by atoms with E-state index < -0.39 is 4.84 Å². The minimum Gasteiger partial charge on any atom is -0.397 e. The van der Waals surface area contributed by atoms with Crippen LogP contribution >= 0.6 is 23.2 Å². The van der Waals surface area contributed by atoms with Gasteiger partial charge in [0.1, 0.15) is 4.84 Å². The number of hydrogen-bond acceptors (Lipinski definition) is 2. The molecule has 2 nitrogen and oxygen atoms in total. The van der Waals surface area contributed by atoms with Crippen molar-refractivity contribution in [1.82, 2.24) is 0 Å². The summed E-state index contributed by atoms with van der Waals surface area (Å²) < 4.78 is 0. The van der Waals surface area contributed by atoms with Gasteiger partial charge in [-0.2, -0.15) is 0 Å². The molecule has 0 saturated carbocycles. The zero-order chi connectivity index (χ0) is 6.99. The Balaban J connectivity index is 0. The molecule has 4 heteroatoms. The normalized spacial score (nSPS) is 8.25. The Kier molecular flexibility index (Phi) is 14.8. The fourth-order valence-electron chi connectivity index (χ4n) is 0. The first-order chi connectivity index (χ1) is 3.68. The van der Waals surface area contributed by atoms with Gasteiger partial charge in [0.05, 0.1) is 6.61 Å². The van der Waals surface area contributed by atoms with Crippen LogP contribution in [-0.2, 0) is 0 Å². The topological polar surface area (TPSA) is 40.5 Å². The van der Waals surface area contributed by atoms with Crippen LogP contribution in [0.15, 0.2) is 0 Å². The lowest BCUT2D eigenvalue weighted by molar-refractivity contribution is 0.313. The second-order valence-corrected chi connectivity index (χ2v) is 2.17. The SMILES string of the molecule is CCO.OCC(Cl)Cl. The maximum Gasteiger partial charge on any atom is 0.130 e. The van der Waals surface area contributed by atoms with Crippen LogP contribution in [0.5, 0.6) is 0 Å². The summed E-state index contributed by atoms with van der Waals surface area (Å²) in [5.41, 5.74) is 0. The van der Waals surface area contributed by atoms with Crippen molar-refractivity contribution in [2.24, 2.45) is 0 Å². The lowest BCUT2D eigenvalue weighted by Gasteiger charge is -1.84. The third-order valence-corrected chi connectivity index (χ3v) is 0.414. The standard InChI is InChI=1S/C2H4Cl2O.C2H6O/c3-2(4)1-5;1-2-3/h2,5H,1H2;3H,2H2,1H3. The van der Waals surface area contributed by atoms with Crippen LogP contribution in [0.1, 0.15) is 6.92 Å². The van der Waals surface area contributed by atoms with Gasteiger partial charge in [-0.25, -0.2) is 0 Å². The van der Waals surface area contributed by atoms with Crippen molar-refractivity contribution in [2.45, 2.75) is 11.8 Å². The minimum atomic E-state index is -0.616. The highest BCUT2D eigenvalue weighted by Crippen LogP contribution is 1.96. The molecule has 0 atom stereocenters. The van der Waals surface area contributed by atoms with E-state index in [-0.39, 0.29) is 13.2 Å². The predicted molar refractivity (Wildman–Crippen MR) is 35.3 cm³/mol. The zero-order valence-electron chi connectivity index (χ0n) is 4.64. The Labute approximate surface area is 59.0 Å². The number of aliphatic hydroxyl groups is 2. The molecule has 0 saturated heterocycles. The number of alkyl halides is 2. The maximum atomic E-state index is 7.88. The van der Waals surface area contributed by atoms with Crippen LogP contribution in [0.25, 0.3) is 0 Å². The van der Waals surface area contributed by atoms with E-state index in [4.69, 9.17) is 33.4 Å². The van der Waals surface area contributed by atoms with Gasteiger partial charge in [0.25, 0.3) is 0 Å². The molecular formula is C4H10Cl2O2. The Bertz CT molecular complexity index is 33.2. The van der Waals surface area contributed by atoms with Gasteiger partial charge in [0.2, 0.25) is 0 Å². The summed E-state index contributed by atoms with van der Waals surface area (Å²) >= 11 is 9.96. The molecule has 0 bridgehead atoms. The van der Waals surface area contributed by atoms with Gasteiger partial charge in [-0.1, -0.05) is 0 Å². The van der Waals surface area contributed by atoms with Crippen molar-refractivity contribution in [1.29, 1.82) is 0 Å². The van der Waals surface area contributed by atoms with Crippen LogP contribution in [0.2, 0.25) is 0 Å². The summed E-state index contributed by atoms with van der Waals surface area (Å²) in [6.45, 7) is 1.77. The molecule has 0 radical (unpaired) electrons. The molecule has 0 aromatic carbocycles. The average Bonchev–Trinajstić information content (AvgIpc) is 1.69. The van der Waals surface area contributed by atoms with E-state index in [1.165, 1.54) is 0 Å². The third-order valence-electron chi connectivity index (χ3n) is 0.138. The molecule has 0 spiro atoms. The Morgan fingerprint density at radius 2 is 1.50 bits per heavy atom. The van der Waals surface area contributed by atoms with Crippen molar-refractivity contribution >= 4 is 23.2 Å². The first-order valence-electron chi connectivity index (χ1n) is 2.18. The number of aliphatic hydroxyl groups excluding tert-OH is 2. The molecule has 0 unspecified atom stereocenters. The van der Waals surface area contributed by atoms with E-state index >= 15 is 0 Å². The van der Waals surface area contributed by atoms with E-state index in [0.29, 0.717) is 0 Å². The number of halogens is 2. The lowest BCUT2D eigenvalue weighted by atomic mass is 10.9. The molecule has 0 aliphatic carbocycles. The van der Waals surface area contributed by atoms with Crippen molar-refractivity contribution in [3.8, 4) is 0 Å². The second kappa shape index (κ2) is 10.5. The molecule has 8 heavy (non-hydrogen) atoms. The summed E-state index contributed by atoms with van der Waals surface area (Å²) in [5, 5.41) is 15.4. The van der Waals surface area contributed by atoms with Crippen molar-refractivity contribution in [2.75, 3.05) is 13.2 Å². The average molecular weight is 161 g/mol. The second-order valence-electron chi connectivity index (χ2n) is 0.890. The fraction of sp³-hybridized carbons (Fsp3) is 1.00. The van der Waals surface area contributed by atoms with Gasteiger partial charge in [0, 0.05) is 6.61 Å². The van der Waals surface area contributed by atoms with E-state index in [1.807, 2.05) is 0 Å². The summed E-state index contributed by atoms with van der Waals surface area (Å²) in [4.78, 5) is -0.616. The highest BCUT2D eigenvalue weighted by molar-refractivity contribution is 6.44. The van der Waals surface area contributed by atoms with E-state index in [1.54, 1.807) is 6.92 Å². The third kappa shape index (κ3) is 31.5. The maximum absolute atomic E-state index is 7.88. The van der Waals surface area contributed by atoms with Gasteiger partial charge in [-0.15, -0.1) is 23.2 Å². The minimum absolute atomic E-state index is 0.164. The molecule has 0 aromatic rings. The van der Waals surface area contributed by atoms with E-state index in [2.05, 4.69) is 0 Å². The van der Waals surface area contributed by atoms with E-state index in [9.17, 15) is 0 Å². The molecule has 0 heterocycles. The Morgan fingerprint density at radius 1 is 1.38 bits per heavy atom. The molecule has 2 N–H and O–H groups in total. The molecule has 0 fully saturated rings. The van der Waals surface area contributed by atoms with Crippen LogP contribution in [-0.4, -0.2) is 28.3 Å². The summed E-state index contributed by atoms with van der Waals surface area (Å²) in [5.74, 6) is 0. The van der Waals surface area contributed by atoms with Gasteiger partial charge < -0.3 is 10.2 Å². The van der Waals surface area contributed by atoms with Crippen molar-refractivity contribution < 1.29 is 10.2 Å². The highest BCUT2D eigenvalue weighted by atomic mass is 35.5.